The van der Waals surface area contributed by atoms with E-state index in [-0.39, 0.29) is 94.5 Å². The molecule has 0 saturated heterocycles. The number of H-pyrrole nitrogens is 1. The fourth-order valence-electron chi connectivity index (χ4n) is 15.1. The van der Waals surface area contributed by atoms with Crippen molar-refractivity contribution in [1.29, 1.82) is 5.41 Å². The minimum atomic E-state index is -1.82. The van der Waals surface area contributed by atoms with Crippen molar-refractivity contribution >= 4 is 118 Å². The van der Waals surface area contributed by atoms with Crippen molar-refractivity contribution in [2.45, 2.75) is 298 Å². The lowest BCUT2D eigenvalue weighted by Crippen LogP contribution is -2.62. The highest BCUT2D eigenvalue weighted by Gasteiger charge is 2.42. The number of guanidine groups is 1. The number of nitrogens with zero attached hydrogens (tertiary/aromatic N) is 1. The number of hydrogen-bond acceptors (Lipinski definition) is 23. The van der Waals surface area contributed by atoms with Crippen LogP contribution in [0.4, 0.5) is 0 Å². The van der Waals surface area contributed by atoms with E-state index in [4.69, 9.17) is 16.9 Å². The molecule has 4 rings (SSSR count). The molecule has 0 aliphatic carbocycles. The predicted molar refractivity (Wildman–Crippen MR) is 533 cm³/mol. The molecule has 1 heterocycles. The fourth-order valence-corrected chi connectivity index (χ4v) is 15.6. The largest absolute Gasteiger partial charge is 0.480 e. The Kier molecular flexibility index (Phi) is 52.9. The maximum Gasteiger partial charge on any atom is 0.326 e. The van der Waals surface area contributed by atoms with Crippen molar-refractivity contribution in [3.63, 3.8) is 0 Å². The summed E-state index contributed by atoms with van der Waals surface area (Å²) in [5.41, 5.74) is 13.6. The van der Waals surface area contributed by atoms with Gasteiger partial charge in [0.1, 0.15) is 90.6 Å². The lowest BCUT2D eigenvalue weighted by Gasteiger charge is -2.31. The summed E-state index contributed by atoms with van der Waals surface area (Å²) in [4.78, 5) is 250. The topological polar surface area (TPSA) is 660 Å². The van der Waals surface area contributed by atoms with Crippen LogP contribution in [0.3, 0.4) is 0 Å². The number of carbonyl (C=O) groups is 17. The third-order valence-electron chi connectivity index (χ3n) is 23.6. The number of amides is 16. The second-order valence-corrected chi connectivity index (χ2v) is 39.1. The molecule has 19 atom stereocenters. The molecule has 0 fully saturated rings. The molecule has 0 aliphatic heterocycles. The van der Waals surface area contributed by atoms with Crippen LogP contribution >= 0.6 is 11.8 Å². The molecule has 0 radical (unpaired) electrons. The fraction of sp³-hybridized carbons (Fsp3) is 0.602. The highest BCUT2D eigenvalue weighted by molar-refractivity contribution is 7.98. The van der Waals surface area contributed by atoms with Crippen LogP contribution in [-0.2, 0) is 107 Å². The first kappa shape index (κ1) is 121. The molecule has 42 nitrogen and oxygen atoms in total. The van der Waals surface area contributed by atoms with E-state index < -0.39 is 246 Å². The van der Waals surface area contributed by atoms with Crippen molar-refractivity contribution in [2.75, 3.05) is 31.7 Å². The van der Waals surface area contributed by atoms with Crippen molar-refractivity contribution in [3.8, 4) is 0 Å². The Morgan fingerprint density at radius 3 is 1.09 bits per heavy atom. The summed E-state index contributed by atoms with van der Waals surface area (Å²) >= 11 is 1.47. The Hall–Kier alpha value is -12.6. The zero-order valence-corrected chi connectivity index (χ0v) is 85.2. The second-order valence-electron chi connectivity index (χ2n) is 38.1. The van der Waals surface area contributed by atoms with Crippen molar-refractivity contribution in [3.05, 3.63) is 126 Å². The van der Waals surface area contributed by atoms with Crippen LogP contribution < -0.4 is 102 Å². The molecule has 0 aliphatic rings. The number of nitrogens with one attached hydrogen (secondary N) is 19. The van der Waals surface area contributed by atoms with Gasteiger partial charge in [0.25, 0.3) is 0 Å². The van der Waals surface area contributed by atoms with Crippen LogP contribution in [0.15, 0.2) is 104 Å². The molecule has 0 spiro atoms. The first-order valence-corrected chi connectivity index (χ1v) is 49.7. The Bertz CT molecular complexity index is 4710. The number of carbonyl (C=O) groups excluding carboxylic acids is 16. The molecular formula is C98H154N22O20S. The molecule has 141 heavy (non-hydrogen) atoms. The smallest absolute Gasteiger partial charge is 0.326 e. The summed E-state index contributed by atoms with van der Waals surface area (Å²) in [5, 5.41) is 84.1. The number of nitrogens with two attached hydrogens (primary N) is 2. The van der Waals surface area contributed by atoms with Gasteiger partial charge in [-0.25, -0.2) is 9.78 Å². The van der Waals surface area contributed by atoms with E-state index >= 15 is 19.2 Å². The average Bonchev–Trinajstić information content (AvgIpc) is 1.19. The zero-order chi connectivity index (χ0) is 106. The normalized spacial score (nSPS) is 15.5. The predicted octanol–water partition coefficient (Wildman–Crippen LogP) is 0.0684. The minimum Gasteiger partial charge on any atom is -0.480 e. The maximum atomic E-state index is 15.2. The SMILES string of the molecule is CC[C@H](C)[C@H](NC(=O)[C@H](CC(C)C)NC(=O)[C@@H](NC(=O)[C@H](CC(C)C)NC(=O)[C@H](Cc1ccccc1)NC(=O)[C@H](Cc1cnc[nH]1)NC(=O)[C@@H](NC(=O)[C@H](Cc1ccccc1)NC(=O)[C@H](CC(C)C)NC(=O)[C@@H](NC(=O)CNC(=O)[C@H](CO)NC(=O)[C@@H](NC(=O)[C@@H](NC(=O)[C@H](CCCNC(=N)N)NC(=O)[C@@H](N)CCSC)C(C)C)C(C)C)[C@@H](C)O)[C@@H](C)CC)C(C)C)C(=O)N[C@@H](Cc1ccccc1)C(=O)O. The minimum absolute atomic E-state index is 0.00651. The Morgan fingerprint density at radius 2 is 0.716 bits per heavy atom. The van der Waals surface area contributed by atoms with E-state index in [1.54, 1.807) is 188 Å². The maximum absolute atomic E-state index is 15.2. The van der Waals surface area contributed by atoms with Gasteiger partial charge in [0.15, 0.2) is 5.96 Å². The highest BCUT2D eigenvalue weighted by atomic mass is 32.2. The molecule has 0 saturated carbocycles. The number of aromatic nitrogens is 2. The molecule has 1 aromatic heterocycles. The number of aliphatic hydroxyl groups excluding tert-OH is 2. The van der Waals surface area contributed by atoms with Gasteiger partial charge in [-0.2, -0.15) is 11.8 Å². The molecule has 782 valence electrons. The third kappa shape index (κ3) is 42.8. The van der Waals surface area contributed by atoms with E-state index in [0.717, 1.165) is 6.92 Å². The molecule has 16 amide bonds. The lowest BCUT2D eigenvalue weighted by atomic mass is 9.95. The summed E-state index contributed by atoms with van der Waals surface area (Å²) in [6.07, 6.45) is 3.50. The molecule has 0 unspecified atom stereocenters. The van der Waals surface area contributed by atoms with Crippen LogP contribution in [-0.4, -0.2) is 266 Å². The quantitative estimate of drug-likeness (QED) is 0.0158. The highest BCUT2D eigenvalue weighted by Crippen LogP contribution is 2.20. The van der Waals surface area contributed by atoms with Gasteiger partial charge in [0.05, 0.1) is 31.6 Å². The zero-order valence-electron chi connectivity index (χ0n) is 84.4. The van der Waals surface area contributed by atoms with E-state index in [1.807, 2.05) is 20.1 Å². The number of benzene rings is 3. The number of aliphatic carboxylic acids is 1. The van der Waals surface area contributed by atoms with Gasteiger partial charge >= 0.3 is 5.97 Å². The molecule has 4 aromatic rings. The molecular weight excluding hydrogens is 1840 g/mol. The van der Waals surface area contributed by atoms with Gasteiger partial charge in [0.2, 0.25) is 94.5 Å². The Balaban J connectivity index is 1.57. The van der Waals surface area contributed by atoms with Gasteiger partial charge in [-0.05, 0) is 121 Å². The summed E-state index contributed by atoms with van der Waals surface area (Å²) < 4.78 is 0. The van der Waals surface area contributed by atoms with Gasteiger partial charge in [-0.1, -0.05) is 215 Å². The van der Waals surface area contributed by atoms with Crippen LogP contribution in [0.5, 0.6) is 0 Å². The lowest BCUT2D eigenvalue weighted by molar-refractivity contribution is -0.142. The first-order valence-electron chi connectivity index (χ1n) is 48.3. The number of hydrogen-bond donors (Lipinski definition) is 24. The number of thioether (sulfide) groups is 1. The van der Waals surface area contributed by atoms with E-state index in [1.165, 1.54) is 24.3 Å². The number of imidazole rings is 1. The molecule has 0 bridgehead atoms. The molecule has 26 N–H and O–H groups in total. The van der Waals surface area contributed by atoms with Crippen molar-refractivity contribution in [1.82, 2.24) is 100 Å². The first-order chi connectivity index (χ1) is 66.5. The van der Waals surface area contributed by atoms with Crippen LogP contribution in [0.2, 0.25) is 0 Å². The van der Waals surface area contributed by atoms with Crippen LogP contribution in [0, 0.1) is 52.8 Å². The number of carboxylic acids is 1. The van der Waals surface area contributed by atoms with Gasteiger partial charge in [-0.15, -0.1) is 0 Å². The summed E-state index contributed by atoms with van der Waals surface area (Å²) in [6, 6.07) is 3.37. The average molecular weight is 1990 g/mol. The standard InChI is InChI=1S/C98H154N22O20S/c1-19-58(15)79(94(136)112-72(47-64-48-102-51-105-64)87(129)108-70(44-61-31-24-21-25-32-61)86(128)107-68(42-53(5)6)88(130)117-76(55(9)10)91(133)110-69(43-54(7)8)89(131)119-80(59(16)20-2)95(137)113-73(97(139)140)46-63-35-28-23-29-36-63)120-90(132)71(45-62-33-26-22-27-34-62)109-85(127)67(41-52(3)4)111-96(138)81(60(17)122)115-75(123)49-104-83(125)74(50-121)114-92(134)77(56(11)12)118-93(135)78(57(13)14)116-84(126)66(37-30-39-103-98(100)101)106-82(124)65(99)38-40-141-18/h21-29,31-36,48,51-60,65-74,76-81,121-122H,19-20,30,37-47,49-50,99H2,1-18H3,(H,102,105)(H,104,125)(H,106,124)(H,107,128)(H,108,129)(H,109,127)(H,110,133)(H,111,138)(H,112,136)(H,113,137)(H,114,134)(H,115,123)(H,116,126)(H,117,130)(H,118,135)(H,119,131)(H,120,132)(H,139,140)(H4,100,101,103)/t58-,59-,60+,65-,66-,67-,68-,69-,70-,71-,72-,73-,74-,76-,77-,78-,79-,80-,81-/m0/s1. The van der Waals surface area contributed by atoms with Crippen LogP contribution in [0.25, 0.3) is 0 Å². The number of carboxylic acid groups (broad SMARTS) is 1. The van der Waals surface area contributed by atoms with E-state index in [2.05, 4.69) is 100 Å². The summed E-state index contributed by atoms with van der Waals surface area (Å²) in [5.74, 6) is -18.9. The Labute approximate surface area is 830 Å². The van der Waals surface area contributed by atoms with Crippen molar-refractivity contribution in [2.24, 2.45) is 58.8 Å². The van der Waals surface area contributed by atoms with Gasteiger partial charge in [0, 0.05) is 44.1 Å². The van der Waals surface area contributed by atoms with E-state index in [0.29, 0.717) is 41.0 Å². The monoisotopic (exact) mass is 1990 g/mol. The van der Waals surface area contributed by atoms with E-state index in [9.17, 15) is 77.6 Å². The van der Waals surface area contributed by atoms with Crippen molar-refractivity contribution < 1.29 is 96.8 Å². The molecule has 43 heteroatoms. The Morgan fingerprint density at radius 1 is 0.390 bits per heavy atom. The second kappa shape index (κ2) is 61.8. The number of aromatic amines is 1. The van der Waals surface area contributed by atoms with Crippen LogP contribution in [0.1, 0.15) is 191 Å². The van der Waals surface area contributed by atoms with Gasteiger partial charge in [-0.3, -0.25) is 82.1 Å². The number of aliphatic hydroxyl groups is 2. The number of rotatable bonds is 63. The summed E-state index contributed by atoms with van der Waals surface area (Å²) in [6.45, 7) is 26.7. The summed E-state index contributed by atoms with van der Waals surface area (Å²) in [7, 11) is 0. The third-order valence-corrected chi connectivity index (χ3v) is 24.2. The van der Waals surface area contributed by atoms with Gasteiger partial charge < -0.3 is 122 Å². The molecule has 3 aromatic carbocycles.